The number of rotatable bonds is 3. The first-order valence-electron chi connectivity index (χ1n) is 8.69. The van der Waals surface area contributed by atoms with Gasteiger partial charge in [-0.05, 0) is 48.2 Å². The first-order chi connectivity index (χ1) is 12.5. The number of nitrogens with zero attached hydrogens (tertiary/aromatic N) is 1. The van der Waals surface area contributed by atoms with Crippen LogP contribution in [0.1, 0.15) is 27.1 Å². The van der Waals surface area contributed by atoms with Gasteiger partial charge in [-0.25, -0.2) is 4.79 Å². The van der Waals surface area contributed by atoms with E-state index in [4.69, 9.17) is 11.6 Å². The summed E-state index contributed by atoms with van der Waals surface area (Å²) in [6.45, 7) is 2.62. The number of benzene rings is 2. The van der Waals surface area contributed by atoms with E-state index in [0.717, 1.165) is 31.6 Å². The molecule has 2 aliphatic heterocycles. The van der Waals surface area contributed by atoms with Crippen LogP contribution in [0.5, 0.6) is 0 Å². The highest BCUT2D eigenvalue weighted by atomic mass is 35.5. The van der Waals surface area contributed by atoms with Crippen molar-refractivity contribution in [3.05, 3.63) is 58.6 Å². The van der Waals surface area contributed by atoms with Crippen molar-refractivity contribution in [3.63, 3.8) is 0 Å². The molecule has 0 unspecified atom stereocenters. The second kappa shape index (κ2) is 6.74. The first-order valence-corrected chi connectivity index (χ1v) is 9.07. The van der Waals surface area contributed by atoms with E-state index in [2.05, 4.69) is 5.32 Å². The number of hydrogen-bond donors (Lipinski definition) is 2. The molecule has 0 radical (unpaired) electrons. The van der Waals surface area contributed by atoms with Crippen molar-refractivity contribution in [2.45, 2.75) is 12.5 Å². The van der Waals surface area contributed by atoms with E-state index in [-0.39, 0.29) is 17.5 Å². The quantitative estimate of drug-likeness (QED) is 0.870. The van der Waals surface area contributed by atoms with E-state index in [1.54, 1.807) is 24.3 Å². The van der Waals surface area contributed by atoms with E-state index in [1.165, 1.54) is 6.07 Å². The summed E-state index contributed by atoms with van der Waals surface area (Å²) in [6, 6.07) is 12.1. The van der Waals surface area contributed by atoms with Crippen LogP contribution >= 0.6 is 11.6 Å². The number of amides is 1. The highest BCUT2D eigenvalue weighted by Crippen LogP contribution is 2.32. The van der Waals surface area contributed by atoms with E-state index in [9.17, 15) is 14.7 Å². The van der Waals surface area contributed by atoms with Gasteiger partial charge in [-0.15, -0.1) is 0 Å². The summed E-state index contributed by atoms with van der Waals surface area (Å²) in [5.41, 5.74) is 2.12. The van der Waals surface area contributed by atoms with E-state index >= 15 is 0 Å². The molecule has 2 aromatic carbocycles. The largest absolute Gasteiger partial charge is 0.478 e. The van der Waals surface area contributed by atoms with Crippen molar-refractivity contribution in [1.82, 2.24) is 10.2 Å². The summed E-state index contributed by atoms with van der Waals surface area (Å²) in [4.78, 5) is 26.2. The molecule has 2 aliphatic rings. The zero-order valence-corrected chi connectivity index (χ0v) is 14.9. The second-order valence-electron chi connectivity index (χ2n) is 6.85. The van der Waals surface area contributed by atoms with E-state index in [1.807, 2.05) is 17.0 Å². The van der Waals surface area contributed by atoms with Crippen LogP contribution in [-0.4, -0.2) is 47.6 Å². The number of likely N-dealkylation sites (tertiary alicyclic amines) is 1. The molecule has 0 aromatic heterocycles. The van der Waals surface area contributed by atoms with Gasteiger partial charge in [0.25, 0.3) is 5.91 Å². The Morgan fingerprint density at radius 1 is 1.12 bits per heavy atom. The SMILES string of the molecule is O=C(O)c1ccc(Cl)c(-c2cccc(C(=O)N3CC[C@H]4CNC[C@H]43)c2)c1. The average Bonchev–Trinajstić information content (AvgIpc) is 3.25. The fraction of sp³-hybridized carbons (Fsp3) is 0.300. The molecule has 2 N–H and O–H groups in total. The van der Waals surface area contributed by atoms with Gasteiger partial charge in [0.2, 0.25) is 0 Å². The Morgan fingerprint density at radius 2 is 1.96 bits per heavy atom. The van der Waals surface area contributed by atoms with Crippen molar-refractivity contribution < 1.29 is 14.7 Å². The molecule has 2 fully saturated rings. The number of carbonyl (C=O) groups excluding carboxylic acids is 1. The Bertz CT molecular complexity index is 883. The average molecular weight is 371 g/mol. The molecular weight excluding hydrogens is 352 g/mol. The van der Waals surface area contributed by atoms with Gasteiger partial charge in [0.05, 0.1) is 5.56 Å². The zero-order valence-electron chi connectivity index (χ0n) is 14.1. The molecule has 4 rings (SSSR count). The summed E-state index contributed by atoms with van der Waals surface area (Å²) in [7, 11) is 0. The molecule has 5 nitrogen and oxygen atoms in total. The van der Waals surface area contributed by atoms with Gasteiger partial charge in [0.1, 0.15) is 0 Å². The number of aromatic carboxylic acids is 1. The Kier molecular flexibility index (Phi) is 4.42. The molecule has 0 bridgehead atoms. The number of nitrogens with one attached hydrogen (secondary N) is 1. The molecule has 2 heterocycles. The summed E-state index contributed by atoms with van der Waals surface area (Å²) >= 11 is 6.27. The predicted octanol–water partition coefficient (Wildman–Crippen LogP) is 3.14. The molecule has 2 atom stereocenters. The van der Waals surface area contributed by atoms with Gasteiger partial charge in [-0.2, -0.15) is 0 Å². The molecule has 2 saturated heterocycles. The Labute approximate surface area is 156 Å². The van der Waals surface area contributed by atoms with E-state index < -0.39 is 5.97 Å². The fourth-order valence-electron chi connectivity index (χ4n) is 3.97. The van der Waals surface area contributed by atoms with Crippen LogP contribution in [0.3, 0.4) is 0 Å². The minimum atomic E-state index is -1.01. The molecule has 0 spiro atoms. The third-order valence-electron chi connectivity index (χ3n) is 5.34. The monoisotopic (exact) mass is 370 g/mol. The van der Waals surface area contributed by atoms with Gasteiger partial charge in [-0.1, -0.05) is 23.7 Å². The molecule has 6 heteroatoms. The summed E-state index contributed by atoms with van der Waals surface area (Å²) in [5.74, 6) is -0.440. The molecule has 134 valence electrons. The molecule has 2 aromatic rings. The van der Waals surface area contributed by atoms with Crippen LogP contribution < -0.4 is 5.32 Å². The van der Waals surface area contributed by atoms with Crippen LogP contribution in [0, 0.1) is 5.92 Å². The lowest BCUT2D eigenvalue weighted by Gasteiger charge is -2.23. The predicted molar refractivity (Wildman–Crippen MR) is 99.6 cm³/mol. The molecule has 26 heavy (non-hydrogen) atoms. The zero-order chi connectivity index (χ0) is 18.3. The van der Waals surface area contributed by atoms with Crippen molar-refractivity contribution in [1.29, 1.82) is 0 Å². The van der Waals surface area contributed by atoms with Crippen molar-refractivity contribution in [2.24, 2.45) is 5.92 Å². The van der Waals surface area contributed by atoms with Crippen LogP contribution in [0.4, 0.5) is 0 Å². The topological polar surface area (TPSA) is 69.6 Å². The number of carbonyl (C=O) groups is 2. The molecule has 0 saturated carbocycles. The van der Waals surface area contributed by atoms with Gasteiger partial charge >= 0.3 is 5.97 Å². The van der Waals surface area contributed by atoms with Gasteiger partial charge in [0, 0.05) is 41.8 Å². The lowest BCUT2D eigenvalue weighted by Crippen LogP contribution is -2.39. The smallest absolute Gasteiger partial charge is 0.335 e. The Morgan fingerprint density at radius 3 is 2.77 bits per heavy atom. The van der Waals surface area contributed by atoms with Crippen LogP contribution in [0.2, 0.25) is 5.02 Å². The third-order valence-corrected chi connectivity index (χ3v) is 5.67. The van der Waals surface area contributed by atoms with Crippen LogP contribution in [0.15, 0.2) is 42.5 Å². The van der Waals surface area contributed by atoms with Crippen molar-refractivity contribution in [3.8, 4) is 11.1 Å². The lowest BCUT2D eigenvalue weighted by molar-refractivity contribution is 0.0695. The maximum Gasteiger partial charge on any atom is 0.335 e. The maximum atomic E-state index is 13.0. The fourth-order valence-corrected chi connectivity index (χ4v) is 4.19. The second-order valence-corrected chi connectivity index (χ2v) is 7.26. The molecular formula is C20H19ClN2O3. The number of carboxylic acid groups (broad SMARTS) is 1. The minimum absolute atomic E-state index is 0.0218. The maximum absolute atomic E-state index is 13.0. The van der Waals surface area contributed by atoms with Crippen LogP contribution in [-0.2, 0) is 0 Å². The van der Waals surface area contributed by atoms with Gasteiger partial charge in [-0.3, -0.25) is 4.79 Å². The Hall–Kier alpha value is -2.37. The number of halogens is 1. The van der Waals surface area contributed by atoms with Crippen molar-refractivity contribution in [2.75, 3.05) is 19.6 Å². The normalized spacial score (nSPS) is 21.7. The standard InChI is InChI=1S/C20H19ClN2O3/c21-17-5-4-14(20(25)26)9-16(17)12-2-1-3-13(8-12)19(24)23-7-6-15-10-22-11-18(15)23/h1-5,8-9,15,18,22H,6-7,10-11H2,(H,25,26)/t15-,18+/m0/s1. The number of fused-ring (bicyclic) bond motifs is 1. The summed E-state index contributed by atoms with van der Waals surface area (Å²) in [6.07, 6.45) is 1.04. The van der Waals surface area contributed by atoms with Crippen LogP contribution in [0.25, 0.3) is 11.1 Å². The highest BCUT2D eigenvalue weighted by molar-refractivity contribution is 6.33. The highest BCUT2D eigenvalue weighted by Gasteiger charge is 2.40. The molecule has 0 aliphatic carbocycles. The first kappa shape index (κ1) is 17.1. The lowest BCUT2D eigenvalue weighted by atomic mass is 10.00. The minimum Gasteiger partial charge on any atom is -0.478 e. The van der Waals surface area contributed by atoms with Gasteiger partial charge in [0.15, 0.2) is 0 Å². The summed E-state index contributed by atoms with van der Waals surface area (Å²) < 4.78 is 0. The van der Waals surface area contributed by atoms with E-state index in [0.29, 0.717) is 22.1 Å². The summed E-state index contributed by atoms with van der Waals surface area (Å²) in [5, 5.41) is 13.0. The number of hydrogen-bond acceptors (Lipinski definition) is 3. The number of carboxylic acids is 1. The Balaban J connectivity index is 1.66. The molecule has 1 amide bonds. The third kappa shape index (κ3) is 2.97. The van der Waals surface area contributed by atoms with Gasteiger partial charge < -0.3 is 15.3 Å². The van der Waals surface area contributed by atoms with Crippen molar-refractivity contribution >= 4 is 23.5 Å².